The van der Waals surface area contributed by atoms with Gasteiger partial charge < -0.3 is 14.9 Å². The van der Waals surface area contributed by atoms with Gasteiger partial charge in [0.25, 0.3) is 17.4 Å². The average molecular weight is 707 g/mol. The molecule has 0 bridgehead atoms. The topological polar surface area (TPSA) is 124 Å². The molecule has 3 aromatic rings. The largest absolute Gasteiger partial charge is 0.393 e. The molecule has 8 atom stereocenters. The highest BCUT2D eigenvalue weighted by molar-refractivity contribution is 5.96. The number of hydrogen-bond donors (Lipinski definition) is 2. The van der Waals surface area contributed by atoms with E-state index in [2.05, 4.69) is 35.9 Å². The van der Waals surface area contributed by atoms with E-state index in [4.69, 9.17) is 0 Å². The molecular formula is C42H47FN4O5. The van der Waals surface area contributed by atoms with E-state index >= 15 is 4.39 Å². The number of ketones is 1. The lowest BCUT2D eigenvalue weighted by molar-refractivity contribution is -0.165. The minimum Gasteiger partial charge on any atom is -0.393 e. The van der Waals surface area contributed by atoms with Crippen LogP contribution in [0, 0.1) is 58.1 Å². The Morgan fingerprint density at radius 2 is 1.69 bits per heavy atom. The second kappa shape index (κ2) is 13.2. The number of hydrogen-bond acceptors (Lipinski definition) is 6. The molecule has 5 fully saturated rings. The summed E-state index contributed by atoms with van der Waals surface area (Å²) >= 11 is 0. The van der Waals surface area contributed by atoms with Gasteiger partial charge in [-0.3, -0.25) is 19.2 Å². The number of nitrogens with zero attached hydrogens (tertiary/aromatic N) is 3. The Balaban J connectivity index is 0.900. The first kappa shape index (κ1) is 34.7. The van der Waals surface area contributed by atoms with Crippen molar-refractivity contribution < 1.29 is 23.9 Å². The van der Waals surface area contributed by atoms with Crippen molar-refractivity contribution in [2.24, 2.45) is 40.4 Å². The second-order valence-corrected chi connectivity index (χ2v) is 16.6. The lowest BCUT2D eigenvalue weighted by atomic mass is 9.44. The van der Waals surface area contributed by atoms with Crippen LogP contribution in [0.25, 0.3) is 10.8 Å². The number of piperazine rings is 1. The number of halogens is 1. The standard InChI is InChI=1S/C42H47FN4O5/c1-41-16-14-33-38(36(49)24-27-23-28(48)13-15-42(27,33)2)32(41)10-8-26(41)9-12-37(50)46-17-19-47(20-18-46)40(52)31-21-25(7-11-34(31)43)22-35-29-5-3-4-6-30(29)39(51)45-44-35/h3-7,11,21,26-27,32-33,36,38,49H,8,10,13-20,22-24H2,1-2H3,(H,45,51)/t26-,27-,32+,33+,36?,38+,41-,42+/m1/s1. The number of rotatable bonds is 3. The predicted molar refractivity (Wildman–Crippen MR) is 193 cm³/mol. The monoisotopic (exact) mass is 706 g/mol. The Kier molecular flexibility index (Phi) is 8.84. The van der Waals surface area contributed by atoms with Crippen LogP contribution in [-0.4, -0.2) is 75.0 Å². The summed E-state index contributed by atoms with van der Waals surface area (Å²) in [6, 6.07) is 11.6. The number of aliphatic hydroxyl groups is 1. The highest BCUT2D eigenvalue weighted by Gasteiger charge is 2.62. The van der Waals surface area contributed by atoms with E-state index in [9.17, 15) is 24.3 Å². The minimum atomic E-state index is -0.613. The molecule has 5 aliphatic rings. The van der Waals surface area contributed by atoms with Gasteiger partial charge in [-0.2, -0.15) is 5.10 Å². The molecule has 4 saturated carbocycles. The molecule has 4 aliphatic carbocycles. The summed E-state index contributed by atoms with van der Waals surface area (Å²) in [5.41, 5.74) is 1.04. The molecule has 1 unspecified atom stereocenters. The van der Waals surface area contributed by atoms with Crippen LogP contribution in [0.3, 0.4) is 0 Å². The molecule has 1 saturated heterocycles. The molecular weight excluding hydrogens is 659 g/mol. The van der Waals surface area contributed by atoms with Crippen LogP contribution < -0.4 is 5.56 Å². The molecule has 272 valence electrons. The highest BCUT2D eigenvalue weighted by Crippen LogP contribution is 2.67. The number of aromatic amines is 1. The van der Waals surface area contributed by atoms with E-state index in [1.54, 1.807) is 34.1 Å². The van der Waals surface area contributed by atoms with Crippen LogP contribution in [0.15, 0.2) is 47.3 Å². The third-order valence-electron chi connectivity index (χ3n) is 14.1. The van der Waals surface area contributed by atoms with Gasteiger partial charge in [0.1, 0.15) is 11.6 Å². The number of aliphatic hydroxyl groups excluding tert-OH is 1. The molecule has 52 heavy (non-hydrogen) atoms. The summed E-state index contributed by atoms with van der Waals surface area (Å²) in [5.74, 6) is 6.75. The second-order valence-electron chi connectivity index (χ2n) is 16.6. The molecule has 10 heteroatoms. The van der Waals surface area contributed by atoms with Gasteiger partial charge in [0, 0.05) is 56.7 Å². The number of nitrogens with one attached hydrogen (secondary N) is 1. The van der Waals surface area contributed by atoms with Gasteiger partial charge in [-0.15, -0.1) is 0 Å². The first-order valence-corrected chi connectivity index (χ1v) is 19.0. The van der Waals surface area contributed by atoms with Gasteiger partial charge in [-0.1, -0.05) is 44.0 Å². The Labute approximate surface area is 303 Å². The quantitative estimate of drug-likeness (QED) is 0.364. The van der Waals surface area contributed by atoms with Gasteiger partial charge in [0.05, 0.1) is 22.7 Å². The fourth-order valence-electron chi connectivity index (χ4n) is 11.1. The maximum atomic E-state index is 15.0. The summed E-state index contributed by atoms with van der Waals surface area (Å²) in [4.78, 5) is 54.6. The minimum absolute atomic E-state index is 0.0332. The van der Waals surface area contributed by atoms with Gasteiger partial charge in [-0.05, 0) is 103 Å². The Morgan fingerprint density at radius 1 is 0.962 bits per heavy atom. The number of benzene rings is 2. The number of aromatic nitrogens is 2. The number of carbonyl (C=O) groups is 3. The number of Topliss-reactive ketones (excluding diaryl/α,β-unsaturated/α-hetero) is 1. The van der Waals surface area contributed by atoms with E-state index in [0.29, 0.717) is 78.4 Å². The predicted octanol–water partition coefficient (Wildman–Crippen LogP) is 5.14. The first-order valence-electron chi connectivity index (χ1n) is 19.0. The zero-order chi connectivity index (χ0) is 36.4. The Hall–Kier alpha value is -4.36. The molecule has 8 rings (SSSR count). The maximum absolute atomic E-state index is 15.0. The zero-order valence-corrected chi connectivity index (χ0v) is 30.0. The van der Waals surface area contributed by atoms with Crippen LogP contribution in [0.1, 0.15) is 86.8 Å². The molecule has 2 aromatic carbocycles. The molecule has 1 aromatic heterocycles. The molecule has 0 spiro atoms. The van der Waals surface area contributed by atoms with Crippen LogP contribution in [0.4, 0.5) is 4.39 Å². The van der Waals surface area contributed by atoms with E-state index in [1.165, 1.54) is 6.07 Å². The van der Waals surface area contributed by atoms with Crippen molar-refractivity contribution in [2.75, 3.05) is 26.2 Å². The van der Waals surface area contributed by atoms with Crippen molar-refractivity contribution in [1.82, 2.24) is 20.0 Å². The summed E-state index contributed by atoms with van der Waals surface area (Å²) in [5, 5.41) is 19.4. The number of H-pyrrole nitrogens is 1. The maximum Gasteiger partial charge on any atom is 0.298 e. The number of fused-ring (bicyclic) bond motifs is 6. The van der Waals surface area contributed by atoms with E-state index in [-0.39, 0.29) is 58.7 Å². The Bertz CT molecular complexity index is 2060. The lowest BCUT2D eigenvalue weighted by Crippen LogP contribution is -2.58. The zero-order valence-electron chi connectivity index (χ0n) is 30.0. The van der Waals surface area contributed by atoms with Crippen molar-refractivity contribution in [1.29, 1.82) is 0 Å². The molecule has 0 radical (unpaired) electrons. The molecule has 2 N–H and O–H groups in total. The van der Waals surface area contributed by atoms with Crippen LogP contribution in [0.5, 0.6) is 0 Å². The van der Waals surface area contributed by atoms with Crippen molar-refractivity contribution >= 4 is 28.4 Å². The molecule has 2 heterocycles. The van der Waals surface area contributed by atoms with Crippen LogP contribution in [-0.2, 0) is 16.0 Å². The van der Waals surface area contributed by atoms with Gasteiger partial charge >= 0.3 is 0 Å². The van der Waals surface area contributed by atoms with E-state index in [0.717, 1.165) is 32.1 Å². The average Bonchev–Trinajstić information content (AvgIpc) is 3.49. The fourth-order valence-corrected chi connectivity index (χ4v) is 11.1. The molecule has 2 amide bonds. The van der Waals surface area contributed by atoms with Crippen LogP contribution in [0.2, 0.25) is 0 Å². The van der Waals surface area contributed by atoms with Crippen molar-refractivity contribution in [3.63, 3.8) is 0 Å². The third kappa shape index (κ3) is 5.85. The lowest BCUT2D eigenvalue weighted by Gasteiger charge is -2.61. The van der Waals surface area contributed by atoms with E-state index < -0.39 is 17.8 Å². The highest BCUT2D eigenvalue weighted by atomic mass is 19.1. The summed E-state index contributed by atoms with van der Waals surface area (Å²) in [6.45, 7) is 5.87. The number of carbonyl (C=O) groups excluding carboxylic acids is 3. The smallest absolute Gasteiger partial charge is 0.298 e. The SMILES string of the molecule is C[C@]12CCC(=O)C[C@@H]1CC(O)[C@@H]1[C@@H]2CC[C@]2(C)[C@@H](C#CC(=O)N3CCN(C(=O)c4cc(Cc5n[nH]c(=O)c6ccccc56)ccc4F)CC3)CC[C@@H]12. The molecule has 9 nitrogen and oxygen atoms in total. The summed E-state index contributed by atoms with van der Waals surface area (Å²) in [6.07, 6.45) is 6.79. The number of amides is 2. The van der Waals surface area contributed by atoms with Crippen molar-refractivity contribution in [3.8, 4) is 11.8 Å². The van der Waals surface area contributed by atoms with Crippen molar-refractivity contribution in [2.45, 2.75) is 77.7 Å². The molecule has 1 aliphatic heterocycles. The first-order chi connectivity index (χ1) is 25.0. The fraction of sp³-hybridized carbons (Fsp3) is 0.548. The van der Waals surface area contributed by atoms with Gasteiger partial charge in [0.15, 0.2) is 0 Å². The van der Waals surface area contributed by atoms with Crippen LogP contribution >= 0.6 is 0 Å². The third-order valence-corrected chi connectivity index (χ3v) is 14.1. The Morgan fingerprint density at radius 3 is 2.48 bits per heavy atom. The van der Waals surface area contributed by atoms with Gasteiger partial charge in [-0.25, -0.2) is 9.49 Å². The van der Waals surface area contributed by atoms with Gasteiger partial charge in [0.2, 0.25) is 0 Å². The summed E-state index contributed by atoms with van der Waals surface area (Å²) in [7, 11) is 0. The normalized spacial score (nSPS) is 32.7. The van der Waals surface area contributed by atoms with Crippen molar-refractivity contribution in [3.05, 3.63) is 75.5 Å². The van der Waals surface area contributed by atoms with E-state index in [1.807, 2.05) is 12.1 Å². The summed E-state index contributed by atoms with van der Waals surface area (Å²) < 4.78 is 15.0.